The first-order chi connectivity index (χ1) is 12.4. The van der Waals surface area contributed by atoms with Gasteiger partial charge < -0.3 is 15.0 Å². The zero-order valence-corrected chi connectivity index (χ0v) is 14.6. The summed E-state index contributed by atoms with van der Waals surface area (Å²) < 4.78 is 17.9. The van der Waals surface area contributed by atoms with Crippen molar-refractivity contribution in [2.24, 2.45) is 0 Å². The van der Waals surface area contributed by atoms with Crippen molar-refractivity contribution in [3.8, 4) is 6.07 Å². The van der Waals surface area contributed by atoms with Crippen molar-refractivity contribution in [3.05, 3.63) is 58.2 Å². The molecule has 2 rings (SSSR count). The molecule has 0 fully saturated rings. The number of aromatic nitrogens is 1. The molecule has 0 unspecified atom stereocenters. The Bertz CT molecular complexity index is 905. The normalized spacial score (nSPS) is 11.0. The van der Waals surface area contributed by atoms with Gasteiger partial charge in [-0.1, -0.05) is 0 Å². The highest BCUT2D eigenvalue weighted by Crippen LogP contribution is 2.21. The average molecular weight is 355 g/mol. The summed E-state index contributed by atoms with van der Waals surface area (Å²) in [5.41, 5.74) is 2.23. The predicted octanol–water partition coefficient (Wildman–Crippen LogP) is 3.49. The number of aryl methyl sites for hydroxylation is 1. The van der Waals surface area contributed by atoms with Crippen molar-refractivity contribution >= 4 is 23.6 Å². The second-order valence-corrected chi connectivity index (χ2v) is 5.51. The van der Waals surface area contributed by atoms with Gasteiger partial charge in [-0.3, -0.25) is 4.79 Å². The minimum absolute atomic E-state index is 0.158. The van der Waals surface area contributed by atoms with Gasteiger partial charge in [-0.25, -0.2) is 9.18 Å². The number of anilines is 1. The van der Waals surface area contributed by atoms with Gasteiger partial charge in [0.2, 0.25) is 0 Å². The summed E-state index contributed by atoms with van der Waals surface area (Å²) in [5.74, 6) is -1.53. The number of ether oxygens (including phenoxy) is 1. The van der Waals surface area contributed by atoms with Gasteiger partial charge in [0.05, 0.1) is 12.2 Å². The van der Waals surface area contributed by atoms with Crippen LogP contribution < -0.4 is 5.32 Å². The SMILES string of the molecule is CCOC(=O)c1c(C)[nH]c(/C=C(\C#N)C(=O)Nc2ccc(F)cc2)c1C. The zero-order chi connectivity index (χ0) is 19.3. The lowest BCUT2D eigenvalue weighted by molar-refractivity contribution is -0.112. The average Bonchev–Trinajstić information content (AvgIpc) is 2.88. The number of nitrogens with one attached hydrogen (secondary N) is 2. The lowest BCUT2D eigenvalue weighted by atomic mass is 10.1. The van der Waals surface area contributed by atoms with E-state index in [0.717, 1.165) is 0 Å². The van der Waals surface area contributed by atoms with E-state index in [-0.39, 0.29) is 12.2 Å². The van der Waals surface area contributed by atoms with Gasteiger partial charge in [-0.05, 0) is 56.7 Å². The predicted molar refractivity (Wildman–Crippen MR) is 94.8 cm³/mol. The van der Waals surface area contributed by atoms with E-state index < -0.39 is 17.7 Å². The maximum absolute atomic E-state index is 12.9. The zero-order valence-electron chi connectivity index (χ0n) is 14.6. The fraction of sp³-hybridized carbons (Fsp3) is 0.211. The molecule has 2 aromatic rings. The summed E-state index contributed by atoms with van der Waals surface area (Å²) in [4.78, 5) is 27.3. The molecule has 2 N–H and O–H groups in total. The Morgan fingerprint density at radius 1 is 1.31 bits per heavy atom. The first kappa shape index (κ1) is 18.9. The molecule has 7 heteroatoms. The third-order valence-electron chi connectivity index (χ3n) is 3.71. The maximum Gasteiger partial charge on any atom is 0.340 e. The molecule has 6 nitrogen and oxygen atoms in total. The summed E-state index contributed by atoms with van der Waals surface area (Å²) in [7, 11) is 0. The third-order valence-corrected chi connectivity index (χ3v) is 3.71. The van der Waals surface area contributed by atoms with E-state index in [9.17, 15) is 19.2 Å². The quantitative estimate of drug-likeness (QED) is 0.487. The van der Waals surface area contributed by atoms with E-state index in [1.165, 1.54) is 30.3 Å². The number of nitriles is 1. The van der Waals surface area contributed by atoms with Crippen LogP contribution in [0.3, 0.4) is 0 Å². The molecular formula is C19H18FN3O3. The van der Waals surface area contributed by atoms with E-state index in [4.69, 9.17) is 4.74 Å². The molecule has 0 aliphatic carbocycles. The Hall–Kier alpha value is -3.40. The molecule has 134 valence electrons. The number of hydrogen-bond donors (Lipinski definition) is 2. The molecule has 0 spiro atoms. The van der Waals surface area contributed by atoms with Gasteiger partial charge in [0.1, 0.15) is 17.5 Å². The second-order valence-electron chi connectivity index (χ2n) is 5.51. The molecule has 0 radical (unpaired) electrons. The van der Waals surface area contributed by atoms with Gasteiger partial charge in [0.15, 0.2) is 0 Å². The summed E-state index contributed by atoms with van der Waals surface area (Å²) in [6, 6.07) is 7.03. The van der Waals surface area contributed by atoms with Crippen molar-refractivity contribution in [2.75, 3.05) is 11.9 Å². The van der Waals surface area contributed by atoms with Crippen molar-refractivity contribution in [1.82, 2.24) is 4.98 Å². The van der Waals surface area contributed by atoms with Crippen LogP contribution in [0.2, 0.25) is 0 Å². The van der Waals surface area contributed by atoms with E-state index >= 15 is 0 Å². The lowest BCUT2D eigenvalue weighted by Crippen LogP contribution is -2.13. The first-order valence-electron chi connectivity index (χ1n) is 7.92. The van der Waals surface area contributed by atoms with Crippen LogP contribution in [0.25, 0.3) is 6.08 Å². The highest BCUT2D eigenvalue weighted by molar-refractivity contribution is 6.09. The van der Waals surface area contributed by atoms with Gasteiger partial charge in [-0.15, -0.1) is 0 Å². The Labute approximate surface area is 150 Å². The van der Waals surface area contributed by atoms with E-state index in [1.807, 2.05) is 6.07 Å². The molecule has 1 aromatic carbocycles. The monoisotopic (exact) mass is 355 g/mol. The second kappa shape index (κ2) is 8.12. The van der Waals surface area contributed by atoms with E-state index in [0.29, 0.717) is 28.2 Å². The molecule has 0 aliphatic heterocycles. The lowest BCUT2D eigenvalue weighted by Gasteiger charge is -2.04. The number of aromatic amines is 1. The first-order valence-corrected chi connectivity index (χ1v) is 7.92. The number of carbonyl (C=O) groups is 2. The van der Waals surface area contributed by atoms with Crippen molar-refractivity contribution in [2.45, 2.75) is 20.8 Å². The molecule has 26 heavy (non-hydrogen) atoms. The molecule has 1 amide bonds. The van der Waals surface area contributed by atoms with E-state index in [1.54, 1.807) is 20.8 Å². The Morgan fingerprint density at radius 2 is 1.96 bits per heavy atom. The molecule has 0 aliphatic rings. The number of carbonyl (C=O) groups excluding carboxylic acids is 2. The number of halogens is 1. The molecule has 1 heterocycles. The smallest absolute Gasteiger partial charge is 0.340 e. The molecule has 0 saturated carbocycles. The number of hydrogen-bond acceptors (Lipinski definition) is 4. The number of amides is 1. The number of esters is 1. The van der Waals surface area contributed by atoms with Crippen molar-refractivity contribution in [3.63, 3.8) is 0 Å². The molecule has 0 atom stereocenters. The number of benzene rings is 1. The van der Waals surface area contributed by atoms with Crippen molar-refractivity contribution < 1.29 is 18.7 Å². The molecule has 1 aromatic heterocycles. The minimum Gasteiger partial charge on any atom is -0.462 e. The van der Waals surface area contributed by atoms with Crippen LogP contribution in [-0.4, -0.2) is 23.5 Å². The van der Waals surface area contributed by atoms with Crippen molar-refractivity contribution in [1.29, 1.82) is 5.26 Å². The minimum atomic E-state index is -0.636. The van der Waals surface area contributed by atoms with Crippen LogP contribution in [0.5, 0.6) is 0 Å². The standard InChI is InChI=1S/C19H18FN3O3/c1-4-26-19(25)17-11(2)16(22-12(17)3)9-13(10-21)18(24)23-15-7-5-14(20)6-8-15/h5-9,22H,4H2,1-3H3,(H,23,24)/b13-9+. The number of nitrogens with zero attached hydrogens (tertiary/aromatic N) is 1. The van der Waals surface area contributed by atoms with Crippen LogP contribution in [0.15, 0.2) is 29.8 Å². The number of rotatable bonds is 5. The van der Waals surface area contributed by atoms with E-state index in [2.05, 4.69) is 10.3 Å². The van der Waals surface area contributed by atoms with Crippen LogP contribution in [-0.2, 0) is 9.53 Å². The fourth-order valence-electron chi connectivity index (χ4n) is 2.45. The molecular weight excluding hydrogens is 337 g/mol. The third kappa shape index (κ3) is 4.16. The van der Waals surface area contributed by atoms with Crippen LogP contribution >= 0.6 is 0 Å². The summed E-state index contributed by atoms with van der Waals surface area (Å²) >= 11 is 0. The summed E-state index contributed by atoms with van der Waals surface area (Å²) in [6.45, 7) is 5.37. The van der Waals surface area contributed by atoms with Crippen LogP contribution in [0, 0.1) is 31.0 Å². The largest absolute Gasteiger partial charge is 0.462 e. The highest BCUT2D eigenvalue weighted by atomic mass is 19.1. The maximum atomic E-state index is 12.9. The van der Waals surface area contributed by atoms with Gasteiger partial charge in [-0.2, -0.15) is 5.26 Å². The molecule has 0 bridgehead atoms. The van der Waals surface area contributed by atoms with Gasteiger partial charge in [0.25, 0.3) is 5.91 Å². The van der Waals surface area contributed by atoms with Crippen LogP contribution in [0.4, 0.5) is 10.1 Å². The van der Waals surface area contributed by atoms with Gasteiger partial charge in [0, 0.05) is 17.1 Å². The Balaban J connectivity index is 2.30. The topological polar surface area (TPSA) is 95.0 Å². The summed E-state index contributed by atoms with van der Waals surface area (Å²) in [6.07, 6.45) is 1.36. The fourth-order valence-corrected chi connectivity index (χ4v) is 2.45. The van der Waals surface area contributed by atoms with Crippen LogP contribution in [0.1, 0.15) is 34.2 Å². The Kier molecular flexibility index (Phi) is 5.91. The summed E-state index contributed by atoms with van der Waals surface area (Å²) in [5, 5.41) is 11.8. The Morgan fingerprint density at radius 3 is 2.54 bits per heavy atom. The number of H-pyrrole nitrogens is 1. The highest BCUT2D eigenvalue weighted by Gasteiger charge is 2.19. The van der Waals surface area contributed by atoms with Gasteiger partial charge >= 0.3 is 5.97 Å². The molecule has 0 saturated heterocycles.